The first kappa shape index (κ1) is 12.0. The van der Waals surface area contributed by atoms with Crippen molar-refractivity contribution < 1.29 is 9.59 Å². The predicted octanol–water partition coefficient (Wildman–Crippen LogP) is 0.677. The molecule has 2 bridgehead atoms. The van der Waals surface area contributed by atoms with Crippen LogP contribution in [0.25, 0.3) is 0 Å². The molecule has 6 nitrogen and oxygen atoms in total. The third-order valence-corrected chi connectivity index (χ3v) is 3.90. The Morgan fingerprint density at radius 2 is 2.21 bits per heavy atom. The first-order chi connectivity index (χ1) is 9.22. The number of carbonyl (C=O) groups excluding carboxylic acids is 2. The summed E-state index contributed by atoms with van der Waals surface area (Å²) in [6, 6.07) is 1.59. The van der Waals surface area contributed by atoms with Crippen LogP contribution < -0.4 is 10.6 Å². The number of carbonyl (C=O) groups is 2. The number of anilines is 1. The van der Waals surface area contributed by atoms with Gasteiger partial charge in [0, 0.05) is 12.6 Å². The maximum Gasteiger partial charge on any atom is 0.314 e. The van der Waals surface area contributed by atoms with E-state index in [0.717, 1.165) is 6.42 Å². The van der Waals surface area contributed by atoms with Gasteiger partial charge in [-0.3, -0.25) is 14.7 Å². The molecule has 0 saturated heterocycles. The maximum atomic E-state index is 11.7. The van der Waals surface area contributed by atoms with Gasteiger partial charge in [0.2, 0.25) is 0 Å². The lowest BCUT2D eigenvalue weighted by molar-refractivity contribution is -0.136. The number of allylic oxidation sites excluding steroid dienone is 2. The van der Waals surface area contributed by atoms with Gasteiger partial charge in [0.15, 0.2) is 0 Å². The van der Waals surface area contributed by atoms with Crippen LogP contribution in [0, 0.1) is 17.8 Å². The van der Waals surface area contributed by atoms with Gasteiger partial charge in [-0.1, -0.05) is 12.2 Å². The Balaban J connectivity index is 1.46. The largest absolute Gasteiger partial charge is 0.348 e. The van der Waals surface area contributed by atoms with Gasteiger partial charge in [-0.25, -0.2) is 0 Å². The highest BCUT2D eigenvalue weighted by molar-refractivity contribution is 6.39. The summed E-state index contributed by atoms with van der Waals surface area (Å²) in [6.07, 6.45) is 8.31. The minimum Gasteiger partial charge on any atom is -0.348 e. The number of aromatic amines is 1. The monoisotopic (exact) mass is 260 g/mol. The summed E-state index contributed by atoms with van der Waals surface area (Å²) in [5, 5.41) is 11.4. The number of rotatable bonds is 3. The Morgan fingerprint density at radius 3 is 2.84 bits per heavy atom. The number of H-pyrrole nitrogens is 1. The molecule has 19 heavy (non-hydrogen) atoms. The summed E-state index contributed by atoms with van der Waals surface area (Å²) in [5.74, 6) is 0.873. The molecule has 6 heteroatoms. The van der Waals surface area contributed by atoms with E-state index < -0.39 is 11.8 Å². The highest BCUT2D eigenvalue weighted by Gasteiger charge is 2.35. The molecule has 3 N–H and O–H groups in total. The van der Waals surface area contributed by atoms with E-state index in [0.29, 0.717) is 30.1 Å². The van der Waals surface area contributed by atoms with Crippen LogP contribution in [-0.2, 0) is 9.59 Å². The van der Waals surface area contributed by atoms with Crippen molar-refractivity contribution in [2.75, 3.05) is 11.9 Å². The highest BCUT2D eigenvalue weighted by Crippen LogP contribution is 2.42. The molecule has 1 saturated carbocycles. The van der Waals surface area contributed by atoms with Gasteiger partial charge in [0.05, 0.1) is 6.20 Å². The van der Waals surface area contributed by atoms with E-state index in [4.69, 9.17) is 0 Å². The second kappa shape index (κ2) is 4.87. The first-order valence-electron chi connectivity index (χ1n) is 6.49. The third-order valence-electron chi connectivity index (χ3n) is 3.90. The molecular formula is C13H16N4O2. The zero-order valence-corrected chi connectivity index (χ0v) is 10.4. The number of aromatic nitrogens is 2. The van der Waals surface area contributed by atoms with E-state index >= 15 is 0 Å². The number of fused-ring (bicyclic) bond motifs is 2. The molecule has 1 heterocycles. The average molecular weight is 260 g/mol. The first-order valence-corrected chi connectivity index (χ1v) is 6.49. The maximum absolute atomic E-state index is 11.7. The van der Waals surface area contributed by atoms with Gasteiger partial charge in [-0.05, 0) is 30.6 Å². The Bertz CT molecular complexity index is 509. The second-order valence-electron chi connectivity index (χ2n) is 5.17. The van der Waals surface area contributed by atoms with Crippen molar-refractivity contribution in [3.63, 3.8) is 0 Å². The molecule has 2 aliphatic carbocycles. The molecule has 1 fully saturated rings. The van der Waals surface area contributed by atoms with Gasteiger partial charge in [0.1, 0.15) is 5.82 Å². The second-order valence-corrected chi connectivity index (χ2v) is 5.17. The Kier molecular flexibility index (Phi) is 3.06. The third kappa shape index (κ3) is 2.52. The van der Waals surface area contributed by atoms with Crippen LogP contribution in [0.5, 0.6) is 0 Å². The van der Waals surface area contributed by atoms with Gasteiger partial charge in [-0.15, -0.1) is 0 Å². The highest BCUT2D eigenvalue weighted by atomic mass is 16.2. The number of hydrogen-bond acceptors (Lipinski definition) is 3. The van der Waals surface area contributed by atoms with Crippen molar-refractivity contribution in [2.45, 2.75) is 12.8 Å². The van der Waals surface area contributed by atoms with Crippen LogP contribution in [0.15, 0.2) is 24.4 Å². The molecule has 2 amide bonds. The van der Waals surface area contributed by atoms with Gasteiger partial charge >= 0.3 is 11.8 Å². The Morgan fingerprint density at radius 1 is 1.32 bits per heavy atom. The van der Waals surface area contributed by atoms with Crippen molar-refractivity contribution >= 4 is 17.6 Å². The summed E-state index contributed by atoms with van der Waals surface area (Å²) in [5.41, 5.74) is 0. The molecule has 0 aliphatic heterocycles. The summed E-state index contributed by atoms with van der Waals surface area (Å²) >= 11 is 0. The van der Waals surface area contributed by atoms with Crippen molar-refractivity contribution in [1.82, 2.24) is 15.5 Å². The van der Waals surface area contributed by atoms with Crippen molar-refractivity contribution in [3.05, 3.63) is 24.4 Å². The van der Waals surface area contributed by atoms with E-state index in [1.54, 1.807) is 6.07 Å². The van der Waals surface area contributed by atoms with Crippen LogP contribution >= 0.6 is 0 Å². The summed E-state index contributed by atoms with van der Waals surface area (Å²) < 4.78 is 0. The minimum atomic E-state index is -0.664. The minimum absolute atomic E-state index is 0.419. The van der Waals surface area contributed by atoms with Crippen molar-refractivity contribution in [1.29, 1.82) is 0 Å². The molecule has 0 aromatic carbocycles. The fourth-order valence-corrected chi connectivity index (χ4v) is 2.94. The number of hydrogen-bond donors (Lipinski definition) is 3. The summed E-state index contributed by atoms with van der Waals surface area (Å²) in [4.78, 5) is 23.2. The van der Waals surface area contributed by atoms with E-state index in [-0.39, 0.29) is 0 Å². The van der Waals surface area contributed by atoms with Crippen LogP contribution in [0.2, 0.25) is 0 Å². The number of nitrogens with one attached hydrogen (secondary N) is 3. The quantitative estimate of drug-likeness (QED) is 0.551. The molecule has 0 unspecified atom stereocenters. The van der Waals surface area contributed by atoms with E-state index in [2.05, 4.69) is 33.0 Å². The van der Waals surface area contributed by atoms with Crippen LogP contribution in [0.3, 0.4) is 0 Å². The molecule has 2 aliphatic rings. The lowest BCUT2D eigenvalue weighted by atomic mass is 9.94. The van der Waals surface area contributed by atoms with Crippen molar-refractivity contribution in [2.24, 2.45) is 17.8 Å². The zero-order valence-electron chi connectivity index (χ0n) is 10.4. The van der Waals surface area contributed by atoms with Gasteiger partial charge in [-0.2, -0.15) is 5.10 Å². The van der Waals surface area contributed by atoms with Gasteiger partial charge in [0.25, 0.3) is 0 Å². The van der Waals surface area contributed by atoms with Crippen molar-refractivity contribution in [3.8, 4) is 0 Å². The summed E-state index contributed by atoms with van der Waals surface area (Å²) in [7, 11) is 0. The molecule has 0 radical (unpaired) electrons. The fraction of sp³-hybridized carbons (Fsp3) is 0.462. The Labute approximate surface area is 110 Å². The molecule has 3 atom stereocenters. The fourth-order valence-electron chi connectivity index (χ4n) is 2.94. The van der Waals surface area contributed by atoms with Crippen LogP contribution in [0.4, 0.5) is 5.82 Å². The van der Waals surface area contributed by atoms with Crippen LogP contribution in [0.1, 0.15) is 12.8 Å². The topological polar surface area (TPSA) is 86.9 Å². The van der Waals surface area contributed by atoms with Gasteiger partial charge < -0.3 is 10.6 Å². The molecule has 0 spiro atoms. The Hall–Kier alpha value is -2.11. The molecule has 3 rings (SSSR count). The number of amides is 2. The normalized spacial score (nSPS) is 27.5. The van der Waals surface area contributed by atoms with E-state index in [1.807, 2.05) is 0 Å². The SMILES string of the molecule is O=C(NC[C@H]1C[C@H]2C=C[C@H]1C2)C(=O)Nc1ccn[nH]1. The zero-order chi connectivity index (χ0) is 13.2. The average Bonchev–Trinajstić information content (AvgIpc) is 3.12. The predicted molar refractivity (Wildman–Crippen MR) is 69.1 cm³/mol. The molecular weight excluding hydrogens is 244 g/mol. The lowest BCUT2D eigenvalue weighted by Gasteiger charge is -2.18. The molecule has 1 aromatic rings. The molecule has 1 aromatic heterocycles. The standard InChI is InChI=1S/C13H16N4O2/c18-12(13(19)16-11-3-4-15-17-11)14-7-10-6-8-1-2-9(10)5-8/h1-4,8-10H,5-7H2,(H,14,18)(H2,15,16,17,19)/t8-,9-,10+/m0/s1. The summed E-state index contributed by atoms with van der Waals surface area (Å²) in [6.45, 7) is 0.570. The smallest absolute Gasteiger partial charge is 0.314 e. The van der Waals surface area contributed by atoms with E-state index in [9.17, 15) is 9.59 Å². The number of nitrogens with zero attached hydrogens (tertiary/aromatic N) is 1. The lowest BCUT2D eigenvalue weighted by Crippen LogP contribution is -2.38. The van der Waals surface area contributed by atoms with Crippen LogP contribution in [-0.4, -0.2) is 28.6 Å². The molecule has 100 valence electrons. The van der Waals surface area contributed by atoms with E-state index in [1.165, 1.54) is 12.6 Å².